The lowest BCUT2D eigenvalue weighted by Gasteiger charge is -2.11. The first-order chi connectivity index (χ1) is 13.5. The summed E-state index contributed by atoms with van der Waals surface area (Å²) in [7, 11) is 1.26. The Bertz CT molecular complexity index is 943. The number of methoxy groups -OCH3 is 1. The molecule has 8 heteroatoms. The molecule has 0 saturated carbocycles. The number of benzene rings is 2. The van der Waals surface area contributed by atoms with Crippen LogP contribution in [0.3, 0.4) is 0 Å². The zero-order chi connectivity index (χ0) is 20.1. The van der Waals surface area contributed by atoms with Crippen LogP contribution in [-0.4, -0.2) is 34.8 Å². The fourth-order valence-corrected chi connectivity index (χ4v) is 3.67. The minimum absolute atomic E-state index is 0.123. The van der Waals surface area contributed by atoms with E-state index in [1.807, 2.05) is 0 Å². The van der Waals surface area contributed by atoms with Crippen molar-refractivity contribution in [2.75, 3.05) is 13.7 Å². The molecule has 0 atom stereocenters. The summed E-state index contributed by atoms with van der Waals surface area (Å²) in [5, 5.41) is 0. The highest BCUT2D eigenvalue weighted by Gasteiger charge is 2.33. The Morgan fingerprint density at radius 1 is 1.21 bits per heavy atom. The van der Waals surface area contributed by atoms with Crippen LogP contribution in [0.4, 0.5) is 4.39 Å². The number of esters is 1. The Morgan fingerprint density at radius 2 is 1.93 bits per heavy atom. The van der Waals surface area contributed by atoms with Crippen molar-refractivity contribution in [2.45, 2.75) is 6.61 Å². The van der Waals surface area contributed by atoms with E-state index in [9.17, 15) is 14.0 Å². The van der Waals surface area contributed by atoms with E-state index >= 15 is 0 Å². The first-order valence-electron chi connectivity index (χ1n) is 8.26. The van der Waals surface area contributed by atoms with Crippen molar-refractivity contribution in [1.29, 1.82) is 0 Å². The highest BCUT2D eigenvalue weighted by atomic mass is 32.2. The molecule has 2 aromatic carbocycles. The highest BCUT2D eigenvalue weighted by molar-refractivity contribution is 8.26. The Morgan fingerprint density at radius 3 is 2.61 bits per heavy atom. The normalized spacial score (nSPS) is 15.2. The van der Waals surface area contributed by atoms with E-state index in [0.717, 1.165) is 17.3 Å². The van der Waals surface area contributed by atoms with Gasteiger partial charge < -0.3 is 9.47 Å². The summed E-state index contributed by atoms with van der Waals surface area (Å²) < 4.78 is 24.1. The minimum atomic E-state index is -0.533. The summed E-state index contributed by atoms with van der Waals surface area (Å²) in [6.07, 6.45) is 1.69. The number of rotatable bonds is 6. The average Bonchev–Trinajstić information content (AvgIpc) is 2.95. The van der Waals surface area contributed by atoms with Crippen LogP contribution in [0.1, 0.15) is 11.1 Å². The molecule has 0 N–H and O–H groups in total. The third kappa shape index (κ3) is 4.76. The van der Waals surface area contributed by atoms with E-state index in [4.69, 9.17) is 17.0 Å². The van der Waals surface area contributed by atoms with Crippen LogP contribution in [0.5, 0.6) is 5.75 Å². The van der Waals surface area contributed by atoms with Gasteiger partial charge in [0.2, 0.25) is 0 Å². The molecule has 144 valence electrons. The zero-order valence-corrected chi connectivity index (χ0v) is 16.5. The van der Waals surface area contributed by atoms with Crippen molar-refractivity contribution < 1.29 is 23.5 Å². The molecule has 0 aromatic heterocycles. The Hall–Kier alpha value is -2.71. The highest BCUT2D eigenvalue weighted by Crippen LogP contribution is 2.32. The lowest BCUT2D eigenvalue weighted by molar-refractivity contribution is -0.143. The molecule has 1 aliphatic rings. The zero-order valence-electron chi connectivity index (χ0n) is 14.9. The summed E-state index contributed by atoms with van der Waals surface area (Å²) in [6.45, 7) is -0.0838. The summed E-state index contributed by atoms with van der Waals surface area (Å²) in [4.78, 5) is 25.5. The molecule has 1 amide bonds. The molecular formula is C20H16FNO4S2. The van der Waals surface area contributed by atoms with Gasteiger partial charge >= 0.3 is 5.97 Å². The minimum Gasteiger partial charge on any atom is -0.489 e. The van der Waals surface area contributed by atoms with Crippen LogP contribution in [0.15, 0.2) is 53.4 Å². The Kier molecular flexibility index (Phi) is 6.43. The monoisotopic (exact) mass is 417 g/mol. The van der Waals surface area contributed by atoms with Gasteiger partial charge in [-0.2, -0.15) is 0 Å². The van der Waals surface area contributed by atoms with Crippen LogP contribution in [0, 0.1) is 5.82 Å². The number of hydrogen-bond acceptors (Lipinski definition) is 6. The molecule has 1 heterocycles. The third-order valence-corrected chi connectivity index (χ3v) is 5.30. The molecule has 0 spiro atoms. The molecular weight excluding hydrogens is 401 g/mol. The molecule has 0 unspecified atom stereocenters. The molecule has 0 aliphatic carbocycles. The maximum absolute atomic E-state index is 13.6. The molecule has 5 nitrogen and oxygen atoms in total. The van der Waals surface area contributed by atoms with Crippen molar-refractivity contribution in [2.24, 2.45) is 0 Å². The molecule has 28 heavy (non-hydrogen) atoms. The quantitative estimate of drug-likeness (QED) is 0.405. The molecule has 0 radical (unpaired) electrons. The van der Waals surface area contributed by atoms with Crippen LogP contribution >= 0.6 is 24.0 Å². The second-order valence-electron chi connectivity index (χ2n) is 5.79. The van der Waals surface area contributed by atoms with Gasteiger partial charge in [-0.25, -0.2) is 4.39 Å². The summed E-state index contributed by atoms with van der Waals surface area (Å²) in [5.74, 6) is -0.596. The van der Waals surface area contributed by atoms with Crippen LogP contribution in [0.25, 0.3) is 6.08 Å². The fourth-order valence-electron chi connectivity index (χ4n) is 2.42. The second kappa shape index (κ2) is 8.99. The van der Waals surface area contributed by atoms with Gasteiger partial charge in [0.1, 0.15) is 29.0 Å². The van der Waals surface area contributed by atoms with Gasteiger partial charge in [-0.05, 0) is 29.8 Å². The molecule has 1 fully saturated rings. The number of halogens is 1. The number of thioether (sulfide) groups is 1. The van der Waals surface area contributed by atoms with E-state index in [1.54, 1.807) is 48.5 Å². The number of carbonyl (C=O) groups excluding carboxylic acids is 2. The van der Waals surface area contributed by atoms with Crippen LogP contribution < -0.4 is 4.74 Å². The second-order valence-corrected chi connectivity index (χ2v) is 7.47. The first-order valence-corrected chi connectivity index (χ1v) is 9.49. The number of nitrogens with zero attached hydrogens (tertiary/aromatic N) is 1. The van der Waals surface area contributed by atoms with Gasteiger partial charge in [0.05, 0.1) is 12.0 Å². The number of ether oxygens (including phenoxy) is 2. The van der Waals surface area contributed by atoms with Gasteiger partial charge in [0, 0.05) is 5.56 Å². The molecule has 1 aliphatic heterocycles. The number of thiocarbonyl (C=S) groups is 1. The van der Waals surface area contributed by atoms with Crippen LogP contribution in [0.2, 0.25) is 0 Å². The van der Waals surface area contributed by atoms with E-state index in [2.05, 4.69) is 4.74 Å². The van der Waals surface area contributed by atoms with E-state index in [1.165, 1.54) is 18.1 Å². The molecule has 0 bridgehead atoms. The topological polar surface area (TPSA) is 55.8 Å². The fraction of sp³-hybridized carbons (Fsp3) is 0.150. The lowest BCUT2D eigenvalue weighted by atomic mass is 10.2. The van der Waals surface area contributed by atoms with Gasteiger partial charge in [-0.15, -0.1) is 0 Å². The van der Waals surface area contributed by atoms with Gasteiger partial charge in [-0.1, -0.05) is 54.3 Å². The summed E-state index contributed by atoms with van der Waals surface area (Å²) in [5.41, 5.74) is 1.25. The van der Waals surface area contributed by atoms with Crippen molar-refractivity contribution >= 4 is 46.3 Å². The number of hydrogen-bond donors (Lipinski definition) is 0. The predicted octanol–water partition coefficient (Wildman–Crippen LogP) is 3.78. The van der Waals surface area contributed by atoms with Crippen molar-refractivity contribution in [3.05, 3.63) is 70.4 Å². The van der Waals surface area contributed by atoms with Crippen molar-refractivity contribution in [3.63, 3.8) is 0 Å². The average molecular weight is 417 g/mol. The summed E-state index contributed by atoms with van der Waals surface area (Å²) >= 11 is 6.29. The smallest absolute Gasteiger partial charge is 0.325 e. The van der Waals surface area contributed by atoms with E-state index in [0.29, 0.717) is 20.5 Å². The largest absolute Gasteiger partial charge is 0.489 e. The van der Waals surface area contributed by atoms with E-state index < -0.39 is 5.97 Å². The molecule has 1 saturated heterocycles. The maximum Gasteiger partial charge on any atom is 0.325 e. The van der Waals surface area contributed by atoms with Crippen molar-refractivity contribution in [1.82, 2.24) is 4.90 Å². The first kappa shape index (κ1) is 20.0. The van der Waals surface area contributed by atoms with Crippen LogP contribution in [-0.2, 0) is 20.9 Å². The standard InChI is InChI=1S/C20H16FNO4S2/c1-25-18(23)11-22-19(24)17(28-20(22)27)10-13-6-8-15(9-7-13)26-12-14-4-2-3-5-16(14)21/h2-10H,11-12H2,1H3/b17-10-. The SMILES string of the molecule is COC(=O)CN1C(=O)/C(=C/c2ccc(OCc3ccccc3F)cc2)SC1=S. The Labute approximate surface area is 171 Å². The lowest BCUT2D eigenvalue weighted by Crippen LogP contribution is -2.33. The predicted molar refractivity (Wildman–Crippen MR) is 109 cm³/mol. The van der Waals surface area contributed by atoms with Gasteiger partial charge in [-0.3, -0.25) is 14.5 Å². The van der Waals surface area contributed by atoms with Crippen molar-refractivity contribution in [3.8, 4) is 5.75 Å². The van der Waals surface area contributed by atoms with Gasteiger partial charge in [0.15, 0.2) is 0 Å². The van der Waals surface area contributed by atoms with Gasteiger partial charge in [0.25, 0.3) is 5.91 Å². The number of carbonyl (C=O) groups is 2. The number of amides is 1. The Balaban J connectivity index is 1.65. The molecule has 3 rings (SSSR count). The van der Waals surface area contributed by atoms with E-state index in [-0.39, 0.29) is 24.9 Å². The molecule has 2 aromatic rings. The third-order valence-electron chi connectivity index (χ3n) is 3.92. The maximum atomic E-state index is 13.6. The summed E-state index contributed by atoms with van der Waals surface area (Å²) in [6, 6.07) is 13.5.